The molecule has 1 fully saturated rings. The Morgan fingerprint density at radius 3 is 2.62 bits per heavy atom. The maximum absolute atomic E-state index is 13.6. The van der Waals surface area contributed by atoms with Crippen molar-refractivity contribution in [2.45, 2.75) is 31.3 Å². The predicted molar refractivity (Wildman–Crippen MR) is 59.1 cm³/mol. The molecule has 16 heavy (non-hydrogen) atoms. The van der Waals surface area contributed by atoms with Crippen molar-refractivity contribution in [3.63, 3.8) is 0 Å². The first-order valence-electron chi connectivity index (χ1n) is 5.38. The Labute approximate surface area is 93.8 Å². The number of nitrogens with one attached hydrogen (secondary N) is 1. The second-order valence-electron chi connectivity index (χ2n) is 4.34. The SMILES string of the molecule is C[C@@H](N)C(=O)NC1(c2ccccc2F)CC1. The highest BCUT2D eigenvalue weighted by molar-refractivity contribution is 5.82. The molecule has 1 aliphatic carbocycles. The first kappa shape index (κ1) is 11.1. The number of carbonyl (C=O) groups is 1. The van der Waals surface area contributed by atoms with E-state index in [9.17, 15) is 9.18 Å². The maximum atomic E-state index is 13.6. The van der Waals surface area contributed by atoms with E-state index < -0.39 is 11.6 Å². The maximum Gasteiger partial charge on any atom is 0.237 e. The minimum atomic E-state index is -0.566. The van der Waals surface area contributed by atoms with Crippen LogP contribution in [0.15, 0.2) is 24.3 Å². The average molecular weight is 222 g/mol. The second-order valence-corrected chi connectivity index (χ2v) is 4.34. The molecular formula is C12H15FN2O. The fourth-order valence-corrected chi connectivity index (χ4v) is 1.79. The summed E-state index contributed by atoms with van der Waals surface area (Å²) in [4.78, 5) is 11.5. The summed E-state index contributed by atoms with van der Waals surface area (Å²) >= 11 is 0. The number of amides is 1. The number of hydrogen-bond acceptors (Lipinski definition) is 2. The molecule has 0 bridgehead atoms. The van der Waals surface area contributed by atoms with Gasteiger partial charge in [-0.2, -0.15) is 0 Å². The Bertz CT molecular complexity index is 413. The standard InChI is InChI=1S/C12H15FN2O/c1-8(14)11(16)15-12(6-7-12)9-4-2-3-5-10(9)13/h2-5,8H,6-7,14H2,1H3,(H,15,16)/t8-/m1/s1. The van der Waals surface area contributed by atoms with Crippen molar-refractivity contribution in [1.82, 2.24) is 5.32 Å². The molecule has 3 nitrogen and oxygen atoms in total. The van der Waals surface area contributed by atoms with E-state index in [-0.39, 0.29) is 11.7 Å². The topological polar surface area (TPSA) is 55.1 Å². The van der Waals surface area contributed by atoms with Crippen molar-refractivity contribution in [3.05, 3.63) is 35.6 Å². The lowest BCUT2D eigenvalue weighted by atomic mass is 10.0. The molecule has 3 N–H and O–H groups in total. The zero-order chi connectivity index (χ0) is 11.8. The van der Waals surface area contributed by atoms with Crippen LogP contribution in [-0.4, -0.2) is 11.9 Å². The molecule has 0 saturated heterocycles. The number of halogens is 1. The molecule has 2 rings (SSSR count). The zero-order valence-electron chi connectivity index (χ0n) is 9.16. The van der Waals surface area contributed by atoms with Gasteiger partial charge in [-0.05, 0) is 25.8 Å². The van der Waals surface area contributed by atoms with Gasteiger partial charge in [-0.3, -0.25) is 4.79 Å². The summed E-state index contributed by atoms with van der Waals surface area (Å²) in [6.45, 7) is 1.62. The molecule has 1 saturated carbocycles. The molecule has 0 spiro atoms. The number of rotatable bonds is 3. The zero-order valence-corrected chi connectivity index (χ0v) is 9.16. The quantitative estimate of drug-likeness (QED) is 0.809. The molecule has 0 unspecified atom stereocenters. The van der Waals surface area contributed by atoms with Gasteiger partial charge in [-0.25, -0.2) is 4.39 Å². The van der Waals surface area contributed by atoms with E-state index in [0.717, 1.165) is 12.8 Å². The van der Waals surface area contributed by atoms with Gasteiger partial charge in [-0.1, -0.05) is 18.2 Å². The third-order valence-corrected chi connectivity index (χ3v) is 2.92. The van der Waals surface area contributed by atoms with Crippen LogP contribution < -0.4 is 11.1 Å². The lowest BCUT2D eigenvalue weighted by Crippen LogP contribution is -2.44. The van der Waals surface area contributed by atoms with E-state index in [1.54, 1.807) is 25.1 Å². The highest BCUT2D eigenvalue weighted by atomic mass is 19.1. The summed E-state index contributed by atoms with van der Waals surface area (Å²) in [7, 11) is 0. The highest BCUT2D eigenvalue weighted by Gasteiger charge is 2.47. The molecule has 4 heteroatoms. The molecule has 0 radical (unpaired) electrons. The Morgan fingerprint density at radius 2 is 2.12 bits per heavy atom. The van der Waals surface area contributed by atoms with Crippen molar-refractivity contribution >= 4 is 5.91 Å². The summed E-state index contributed by atoms with van der Waals surface area (Å²) in [5.74, 6) is -0.509. The third kappa shape index (κ3) is 1.93. The van der Waals surface area contributed by atoms with Crippen molar-refractivity contribution in [2.75, 3.05) is 0 Å². The van der Waals surface area contributed by atoms with E-state index in [1.165, 1.54) is 6.07 Å². The van der Waals surface area contributed by atoms with Crippen LogP contribution in [0.5, 0.6) is 0 Å². The van der Waals surface area contributed by atoms with Gasteiger partial charge in [0.1, 0.15) is 5.82 Å². The van der Waals surface area contributed by atoms with Crippen molar-refractivity contribution < 1.29 is 9.18 Å². The normalized spacial score (nSPS) is 18.9. The van der Waals surface area contributed by atoms with Crippen molar-refractivity contribution in [1.29, 1.82) is 0 Å². The molecule has 86 valence electrons. The van der Waals surface area contributed by atoms with Crippen molar-refractivity contribution in [3.8, 4) is 0 Å². The molecule has 0 heterocycles. The number of benzene rings is 1. The molecule has 0 aliphatic heterocycles. The number of carbonyl (C=O) groups excluding carboxylic acids is 1. The molecule has 1 atom stereocenters. The van der Waals surface area contributed by atoms with Gasteiger partial charge in [0.15, 0.2) is 0 Å². The van der Waals surface area contributed by atoms with Crippen LogP contribution in [-0.2, 0) is 10.3 Å². The number of hydrogen-bond donors (Lipinski definition) is 2. The Balaban J connectivity index is 2.21. The predicted octanol–water partition coefficient (Wildman–Crippen LogP) is 1.28. The van der Waals surface area contributed by atoms with Gasteiger partial charge in [0, 0.05) is 5.56 Å². The van der Waals surface area contributed by atoms with Crippen LogP contribution in [0.2, 0.25) is 0 Å². The van der Waals surface area contributed by atoms with Gasteiger partial charge in [0.25, 0.3) is 0 Å². The molecule has 1 aliphatic rings. The van der Waals surface area contributed by atoms with E-state index in [0.29, 0.717) is 5.56 Å². The Kier molecular flexibility index (Phi) is 2.68. The van der Waals surface area contributed by atoms with Crippen LogP contribution >= 0.6 is 0 Å². The Morgan fingerprint density at radius 1 is 1.50 bits per heavy atom. The van der Waals surface area contributed by atoms with Crippen LogP contribution in [0.4, 0.5) is 4.39 Å². The second kappa shape index (κ2) is 3.87. The molecule has 1 aromatic carbocycles. The van der Waals surface area contributed by atoms with Gasteiger partial charge < -0.3 is 11.1 Å². The minimum Gasteiger partial charge on any atom is -0.345 e. The summed E-state index contributed by atoms with van der Waals surface area (Å²) in [6.07, 6.45) is 1.54. The molecule has 1 amide bonds. The lowest BCUT2D eigenvalue weighted by molar-refractivity contribution is -0.123. The van der Waals surface area contributed by atoms with Crippen LogP contribution in [0.3, 0.4) is 0 Å². The van der Waals surface area contributed by atoms with E-state index in [4.69, 9.17) is 5.73 Å². The van der Waals surface area contributed by atoms with Gasteiger partial charge in [0.2, 0.25) is 5.91 Å². The van der Waals surface area contributed by atoms with Crippen molar-refractivity contribution in [2.24, 2.45) is 5.73 Å². The highest BCUT2D eigenvalue weighted by Crippen LogP contribution is 2.46. The third-order valence-electron chi connectivity index (χ3n) is 2.92. The first-order chi connectivity index (χ1) is 7.55. The fourth-order valence-electron chi connectivity index (χ4n) is 1.79. The van der Waals surface area contributed by atoms with Crippen LogP contribution in [0.1, 0.15) is 25.3 Å². The van der Waals surface area contributed by atoms with E-state index >= 15 is 0 Å². The van der Waals surface area contributed by atoms with Gasteiger partial charge in [-0.15, -0.1) is 0 Å². The molecule has 1 aromatic rings. The number of nitrogens with two attached hydrogens (primary N) is 1. The summed E-state index contributed by atoms with van der Waals surface area (Å²) < 4.78 is 13.6. The fraction of sp³-hybridized carbons (Fsp3) is 0.417. The largest absolute Gasteiger partial charge is 0.345 e. The molecular weight excluding hydrogens is 207 g/mol. The first-order valence-corrected chi connectivity index (χ1v) is 5.38. The monoisotopic (exact) mass is 222 g/mol. The van der Waals surface area contributed by atoms with Gasteiger partial charge >= 0.3 is 0 Å². The van der Waals surface area contributed by atoms with Crippen LogP contribution in [0, 0.1) is 5.82 Å². The average Bonchev–Trinajstić information content (AvgIpc) is 2.99. The van der Waals surface area contributed by atoms with Crippen LogP contribution in [0.25, 0.3) is 0 Å². The van der Waals surface area contributed by atoms with Gasteiger partial charge in [0.05, 0.1) is 11.6 Å². The summed E-state index contributed by atoms with van der Waals surface area (Å²) in [6, 6.07) is 5.97. The summed E-state index contributed by atoms with van der Waals surface area (Å²) in [5, 5.41) is 2.82. The molecule has 0 aromatic heterocycles. The lowest BCUT2D eigenvalue weighted by Gasteiger charge is -2.19. The summed E-state index contributed by atoms with van der Waals surface area (Å²) in [5.41, 5.74) is 5.52. The smallest absolute Gasteiger partial charge is 0.237 e. The minimum absolute atomic E-state index is 0.235. The van der Waals surface area contributed by atoms with E-state index in [2.05, 4.69) is 5.32 Å². The Hall–Kier alpha value is -1.42. The van der Waals surface area contributed by atoms with E-state index in [1.807, 2.05) is 0 Å².